The molecule has 1 heterocycles. The molecule has 41 heavy (non-hydrogen) atoms. The maximum Gasteiger partial charge on any atom is 0.183 e. The van der Waals surface area contributed by atoms with E-state index in [2.05, 4.69) is 74.1 Å². The van der Waals surface area contributed by atoms with Gasteiger partial charge in [-0.05, 0) is 31.2 Å². The van der Waals surface area contributed by atoms with Gasteiger partial charge in [-0.3, -0.25) is 0 Å². The predicted molar refractivity (Wildman–Crippen MR) is 182 cm³/mol. The van der Waals surface area contributed by atoms with E-state index in [1.807, 2.05) is 0 Å². The van der Waals surface area contributed by atoms with E-state index in [9.17, 15) is 0 Å². The van der Waals surface area contributed by atoms with E-state index in [4.69, 9.17) is 0 Å². The second-order valence-electron chi connectivity index (χ2n) is 12.8. The number of nitrogens with zero attached hydrogens (tertiary/aromatic N) is 1. The van der Waals surface area contributed by atoms with Crippen LogP contribution in [-0.4, -0.2) is 0 Å². The molecule has 0 aliphatic rings. The molecule has 1 unspecified atom stereocenters. The van der Waals surface area contributed by atoms with Gasteiger partial charge in [-0.1, -0.05) is 180 Å². The summed E-state index contributed by atoms with van der Waals surface area (Å²) >= 11 is 0. The second kappa shape index (κ2) is 24.9. The fourth-order valence-corrected chi connectivity index (χ4v) is 6.50. The molecule has 0 spiro atoms. The largest absolute Gasteiger partial charge is 0.198 e. The molecule has 2 rings (SSSR count). The third-order valence-corrected chi connectivity index (χ3v) is 9.20. The first-order valence-electron chi connectivity index (χ1n) is 18.4. The molecule has 1 aromatic carbocycles. The van der Waals surface area contributed by atoms with E-state index in [0.717, 1.165) is 6.42 Å². The Kier molecular flexibility index (Phi) is 21.6. The van der Waals surface area contributed by atoms with E-state index in [1.165, 1.54) is 160 Å². The van der Waals surface area contributed by atoms with Gasteiger partial charge in [0.25, 0.3) is 0 Å². The van der Waals surface area contributed by atoms with E-state index < -0.39 is 0 Å². The summed E-state index contributed by atoms with van der Waals surface area (Å²) in [6, 6.07) is 14.0. The maximum absolute atomic E-state index is 2.52. The highest BCUT2D eigenvalue weighted by molar-refractivity contribution is 5.23. The lowest BCUT2D eigenvalue weighted by atomic mass is 9.96. The molecule has 0 aliphatic carbocycles. The number of hydrogen-bond acceptors (Lipinski definition) is 0. The van der Waals surface area contributed by atoms with Crippen LogP contribution in [0.5, 0.6) is 0 Å². The van der Waals surface area contributed by atoms with Crippen molar-refractivity contribution in [3.8, 4) is 0 Å². The highest BCUT2D eigenvalue weighted by atomic mass is 15.0. The molecule has 1 atom stereocenters. The van der Waals surface area contributed by atoms with Gasteiger partial charge in [0.1, 0.15) is 0 Å². The summed E-state index contributed by atoms with van der Waals surface area (Å²) in [6.45, 7) is 6.94. The third kappa shape index (κ3) is 16.6. The Morgan fingerprint density at radius 2 is 0.878 bits per heavy atom. The third-order valence-electron chi connectivity index (χ3n) is 9.20. The number of benzene rings is 1. The zero-order valence-corrected chi connectivity index (χ0v) is 27.8. The van der Waals surface area contributed by atoms with Gasteiger partial charge in [-0.15, -0.1) is 0 Å². The average molecular weight is 563 g/mol. The van der Waals surface area contributed by atoms with E-state index in [-0.39, 0.29) is 0 Å². The molecule has 0 amide bonds. The molecule has 1 heteroatoms. The van der Waals surface area contributed by atoms with Gasteiger partial charge in [0, 0.05) is 23.6 Å². The molecule has 2 aromatic rings. The van der Waals surface area contributed by atoms with Gasteiger partial charge < -0.3 is 0 Å². The highest BCUT2D eigenvalue weighted by Crippen LogP contribution is 2.21. The van der Waals surface area contributed by atoms with Crippen LogP contribution in [0.25, 0.3) is 0 Å². The minimum Gasteiger partial charge on any atom is -0.198 e. The lowest BCUT2D eigenvalue weighted by molar-refractivity contribution is -0.714. The van der Waals surface area contributed by atoms with Gasteiger partial charge >= 0.3 is 0 Å². The van der Waals surface area contributed by atoms with Gasteiger partial charge in [0.2, 0.25) is 0 Å². The zero-order chi connectivity index (χ0) is 29.2. The van der Waals surface area contributed by atoms with Crippen molar-refractivity contribution < 1.29 is 4.57 Å². The zero-order valence-electron chi connectivity index (χ0n) is 27.8. The van der Waals surface area contributed by atoms with Gasteiger partial charge in [0.05, 0.1) is 0 Å². The molecule has 0 N–H and O–H groups in total. The lowest BCUT2D eigenvalue weighted by Crippen LogP contribution is -2.40. The number of rotatable bonds is 27. The molecule has 0 bridgehead atoms. The summed E-state index contributed by atoms with van der Waals surface area (Å²) in [4.78, 5) is 0. The number of unbranched alkanes of at least 4 members (excludes halogenated alkanes) is 20. The smallest absolute Gasteiger partial charge is 0.183 e. The van der Waals surface area contributed by atoms with E-state index in [1.54, 1.807) is 11.1 Å². The maximum atomic E-state index is 2.52. The van der Waals surface area contributed by atoms with Crippen LogP contribution < -0.4 is 4.57 Å². The predicted octanol–water partition coefficient (Wildman–Crippen LogP) is 12.7. The van der Waals surface area contributed by atoms with Crippen LogP contribution in [-0.2, 0) is 12.8 Å². The molecule has 0 radical (unpaired) electrons. The summed E-state index contributed by atoms with van der Waals surface area (Å²) in [7, 11) is 0. The van der Waals surface area contributed by atoms with Crippen LogP contribution in [0.2, 0.25) is 0 Å². The summed E-state index contributed by atoms with van der Waals surface area (Å²) in [5.74, 6) is 0. The van der Waals surface area contributed by atoms with Crippen LogP contribution in [0, 0.1) is 0 Å². The van der Waals surface area contributed by atoms with Crippen molar-refractivity contribution in [1.29, 1.82) is 0 Å². The normalized spacial score (nSPS) is 12.2. The fourth-order valence-electron chi connectivity index (χ4n) is 6.50. The fraction of sp³-hybridized carbons (Fsp3) is 0.725. The Labute approximate surface area is 257 Å². The van der Waals surface area contributed by atoms with Gasteiger partial charge in [-0.2, -0.15) is 4.57 Å². The van der Waals surface area contributed by atoms with Crippen molar-refractivity contribution in [3.05, 3.63) is 65.5 Å². The number of aromatic nitrogens is 1. The number of pyridine rings is 1. The van der Waals surface area contributed by atoms with Crippen molar-refractivity contribution in [2.24, 2.45) is 0 Å². The standard InChI is InChI=1S/C40H68N/c1-4-7-9-11-13-15-17-19-21-23-26-30-37-34-35-41(40(6-3)38-31-28-25-29-32-38)36-39(37)33-27-24-22-20-18-16-14-12-10-8-5-2/h25,28-29,31-32,34-36,40H,4-24,26-27,30,33H2,1-3H3/q+1. The Hall–Kier alpha value is -1.63. The topological polar surface area (TPSA) is 3.88 Å². The molecule has 1 aromatic heterocycles. The molecule has 232 valence electrons. The Morgan fingerprint density at radius 3 is 1.32 bits per heavy atom. The van der Waals surface area contributed by atoms with Crippen LogP contribution in [0.1, 0.15) is 191 Å². The minimum absolute atomic E-state index is 0.434. The second-order valence-corrected chi connectivity index (χ2v) is 12.8. The molecule has 0 saturated carbocycles. The quantitative estimate of drug-likeness (QED) is 0.0753. The van der Waals surface area contributed by atoms with Crippen LogP contribution in [0.3, 0.4) is 0 Å². The van der Waals surface area contributed by atoms with Crippen molar-refractivity contribution >= 4 is 0 Å². The molecule has 1 nitrogen and oxygen atoms in total. The van der Waals surface area contributed by atoms with Crippen molar-refractivity contribution in [2.75, 3.05) is 0 Å². The molecule has 0 aliphatic heterocycles. The number of aryl methyl sites for hydroxylation is 2. The van der Waals surface area contributed by atoms with Crippen molar-refractivity contribution in [1.82, 2.24) is 0 Å². The molecule has 0 saturated heterocycles. The van der Waals surface area contributed by atoms with E-state index in [0.29, 0.717) is 6.04 Å². The first kappa shape index (κ1) is 35.6. The molecular formula is C40H68N+. The molecular weight excluding hydrogens is 494 g/mol. The first-order chi connectivity index (χ1) is 20.3. The summed E-state index contributed by atoms with van der Waals surface area (Å²) in [5, 5.41) is 0. The Morgan fingerprint density at radius 1 is 0.463 bits per heavy atom. The highest BCUT2D eigenvalue weighted by Gasteiger charge is 2.20. The van der Waals surface area contributed by atoms with Crippen molar-refractivity contribution in [2.45, 2.75) is 187 Å². The monoisotopic (exact) mass is 563 g/mol. The Balaban J connectivity index is 1.80. The summed E-state index contributed by atoms with van der Waals surface area (Å²) < 4.78 is 2.51. The Bertz CT molecular complexity index is 841. The van der Waals surface area contributed by atoms with Crippen LogP contribution >= 0.6 is 0 Å². The summed E-state index contributed by atoms with van der Waals surface area (Å²) in [5.41, 5.74) is 4.66. The summed E-state index contributed by atoms with van der Waals surface area (Å²) in [6.07, 6.45) is 39.7. The lowest BCUT2D eigenvalue weighted by Gasteiger charge is -2.14. The minimum atomic E-state index is 0.434. The van der Waals surface area contributed by atoms with E-state index >= 15 is 0 Å². The van der Waals surface area contributed by atoms with Crippen molar-refractivity contribution in [3.63, 3.8) is 0 Å². The number of hydrogen-bond donors (Lipinski definition) is 0. The molecule has 0 fully saturated rings. The average Bonchev–Trinajstić information content (AvgIpc) is 3.00. The van der Waals surface area contributed by atoms with Crippen LogP contribution in [0.15, 0.2) is 48.8 Å². The van der Waals surface area contributed by atoms with Crippen LogP contribution in [0.4, 0.5) is 0 Å². The van der Waals surface area contributed by atoms with Gasteiger partial charge in [0.15, 0.2) is 18.4 Å². The first-order valence-corrected chi connectivity index (χ1v) is 18.4. The SMILES string of the molecule is CCCCCCCCCCCCCc1cc[n+](C(CC)c2ccccc2)cc1CCCCCCCCCCCCC. The van der Waals surface area contributed by atoms with Gasteiger partial charge in [-0.25, -0.2) is 0 Å².